The van der Waals surface area contributed by atoms with Gasteiger partial charge in [0.2, 0.25) is 5.88 Å². The Kier molecular flexibility index (Phi) is 4.69. The van der Waals surface area contributed by atoms with Crippen molar-refractivity contribution >= 4 is 22.4 Å². The van der Waals surface area contributed by atoms with Crippen LogP contribution in [0.3, 0.4) is 0 Å². The molecule has 0 saturated carbocycles. The largest absolute Gasteiger partial charge is 0.475 e. The summed E-state index contributed by atoms with van der Waals surface area (Å²) in [5.74, 6) is 2.20. The highest BCUT2D eigenvalue weighted by molar-refractivity contribution is 5.92. The van der Waals surface area contributed by atoms with Crippen LogP contribution in [0.15, 0.2) is 41.1 Å². The van der Waals surface area contributed by atoms with E-state index in [9.17, 15) is 0 Å². The monoisotopic (exact) mass is 420 g/mol. The number of nitrogens with one attached hydrogen (secondary N) is 1. The van der Waals surface area contributed by atoms with Crippen LogP contribution in [0.2, 0.25) is 0 Å². The molecule has 9 nitrogen and oxygen atoms in total. The molecule has 0 amide bonds. The number of morpholine rings is 1. The molecule has 6 rings (SSSR count). The number of hydrogen-bond donors (Lipinski definition) is 1. The van der Waals surface area contributed by atoms with Gasteiger partial charge in [-0.1, -0.05) is 0 Å². The number of ether oxygens (including phenoxy) is 2. The first-order valence-corrected chi connectivity index (χ1v) is 10.8. The van der Waals surface area contributed by atoms with E-state index in [2.05, 4.69) is 25.3 Å². The normalized spacial score (nSPS) is 19.5. The molecule has 0 bridgehead atoms. The van der Waals surface area contributed by atoms with Gasteiger partial charge in [0.05, 0.1) is 24.8 Å². The van der Waals surface area contributed by atoms with E-state index in [1.165, 1.54) is 6.42 Å². The summed E-state index contributed by atoms with van der Waals surface area (Å²) in [5, 5.41) is 9.08. The van der Waals surface area contributed by atoms with Crippen LogP contribution in [0.1, 0.15) is 12.8 Å². The van der Waals surface area contributed by atoms with Gasteiger partial charge >= 0.3 is 0 Å². The maximum Gasteiger partial charge on any atom is 0.231 e. The van der Waals surface area contributed by atoms with E-state index < -0.39 is 0 Å². The maximum absolute atomic E-state index is 6.18. The lowest BCUT2D eigenvalue weighted by Crippen LogP contribution is -2.36. The van der Waals surface area contributed by atoms with Crippen LogP contribution in [0.25, 0.3) is 28.1 Å². The number of hydrogen-bond acceptors (Lipinski definition) is 8. The quantitative estimate of drug-likeness (QED) is 0.527. The molecule has 2 fully saturated rings. The van der Waals surface area contributed by atoms with Gasteiger partial charge in [0.25, 0.3) is 0 Å². The molecule has 2 aliphatic heterocycles. The van der Waals surface area contributed by atoms with E-state index in [1.807, 2.05) is 24.3 Å². The van der Waals surface area contributed by atoms with Gasteiger partial charge in [0, 0.05) is 31.4 Å². The minimum Gasteiger partial charge on any atom is -0.475 e. The molecule has 4 aromatic rings. The molecule has 2 aliphatic rings. The van der Waals surface area contributed by atoms with E-state index in [0.29, 0.717) is 37.5 Å². The number of anilines is 1. The maximum atomic E-state index is 6.18. The highest BCUT2D eigenvalue weighted by atomic mass is 16.5. The molecule has 2 saturated heterocycles. The fraction of sp³-hybridized carbons (Fsp3) is 0.409. The zero-order valence-electron chi connectivity index (χ0n) is 17.2. The summed E-state index contributed by atoms with van der Waals surface area (Å²) < 4.78 is 19.4. The Morgan fingerprint density at radius 2 is 2.10 bits per heavy atom. The Hall–Kier alpha value is -3.17. The van der Waals surface area contributed by atoms with E-state index in [0.717, 1.165) is 54.2 Å². The van der Waals surface area contributed by atoms with Crippen molar-refractivity contribution < 1.29 is 13.9 Å². The summed E-state index contributed by atoms with van der Waals surface area (Å²) in [6, 6.07) is 8.08. The molecule has 6 heterocycles. The van der Waals surface area contributed by atoms with Gasteiger partial charge in [-0.2, -0.15) is 0 Å². The summed E-state index contributed by atoms with van der Waals surface area (Å²) in [6.07, 6.45) is 5.90. The van der Waals surface area contributed by atoms with Crippen LogP contribution in [0, 0.1) is 0 Å². The fourth-order valence-electron chi connectivity index (χ4n) is 4.29. The topological polar surface area (TPSA) is 90.0 Å². The van der Waals surface area contributed by atoms with Gasteiger partial charge < -0.3 is 24.1 Å². The first-order valence-electron chi connectivity index (χ1n) is 10.8. The average molecular weight is 420 g/mol. The van der Waals surface area contributed by atoms with Crippen LogP contribution in [-0.2, 0) is 4.74 Å². The van der Waals surface area contributed by atoms with Crippen LogP contribution >= 0.6 is 0 Å². The summed E-state index contributed by atoms with van der Waals surface area (Å²) in [5.41, 5.74) is 2.32. The Morgan fingerprint density at radius 3 is 2.97 bits per heavy atom. The van der Waals surface area contributed by atoms with Crippen molar-refractivity contribution in [3.63, 3.8) is 0 Å². The van der Waals surface area contributed by atoms with Gasteiger partial charge in [-0.25, -0.2) is 14.5 Å². The predicted molar refractivity (Wildman–Crippen MR) is 116 cm³/mol. The number of fused-ring (bicyclic) bond motifs is 2. The number of furan rings is 1. The summed E-state index contributed by atoms with van der Waals surface area (Å²) >= 11 is 0. The molecule has 9 heteroatoms. The third kappa shape index (κ3) is 3.49. The summed E-state index contributed by atoms with van der Waals surface area (Å²) in [4.78, 5) is 11.3. The van der Waals surface area contributed by atoms with Crippen LogP contribution in [-0.4, -0.2) is 65.1 Å². The van der Waals surface area contributed by atoms with Crippen molar-refractivity contribution in [2.45, 2.75) is 18.9 Å². The second kappa shape index (κ2) is 7.82. The van der Waals surface area contributed by atoms with Gasteiger partial charge in [-0.15, -0.1) is 5.10 Å². The highest BCUT2D eigenvalue weighted by Gasteiger charge is 2.20. The summed E-state index contributed by atoms with van der Waals surface area (Å²) in [7, 11) is 0. The molecule has 1 atom stereocenters. The first-order chi connectivity index (χ1) is 15.3. The Morgan fingerprint density at radius 1 is 1.16 bits per heavy atom. The number of pyridine rings is 1. The Balaban J connectivity index is 1.34. The third-order valence-electron chi connectivity index (χ3n) is 5.92. The predicted octanol–water partition coefficient (Wildman–Crippen LogP) is 2.50. The van der Waals surface area contributed by atoms with Crippen LogP contribution in [0.4, 0.5) is 5.82 Å². The lowest BCUT2D eigenvalue weighted by atomic mass is 10.2. The third-order valence-corrected chi connectivity index (χ3v) is 5.92. The van der Waals surface area contributed by atoms with Gasteiger partial charge in [0.1, 0.15) is 23.7 Å². The zero-order valence-corrected chi connectivity index (χ0v) is 17.2. The van der Waals surface area contributed by atoms with E-state index >= 15 is 0 Å². The van der Waals surface area contributed by atoms with Crippen molar-refractivity contribution in [3.8, 4) is 17.3 Å². The smallest absolute Gasteiger partial charge is 0.231 e. The lowest BCUT2D eigenvalue weighted by Gasteiger charge is -2.28. The molecule has 160 valence electrons. The number of aromatic nitrogens is 4. The highest BCUT2D eigenvalue weighted by Crippen LogP contribution is 2.33. The standard InChI is InChI=1S/C22H24N6O3/c1-2-15(23-6-1)14-30-21-4-3-20-25-13-17(28(20)26-21)19-12-16-18(31-19)5-7-24-22(16)27-8-10-29-11-9-27/h3-5,7,12-13,15,23H,1-2,6,8-11,14H2. The van der Waals surface area contributed by atoms with Gasteiger partial charge in [-0.05, 0) is 37.6 Å². The SMILES string of the molecule is c1cc2oc(-c3cnc4ccc(OCC5CCCN5)nn34)cc2c(N2CCOCC2)n1. The van der Waals surface area contributed by atoms with Gasteiger partial charge in [0.15, 0.2) is 11.4 Å². The minimum absolute atomic E-state index is 0.390. The van der Waals surface area contributed by atoms with E-state index in [1.54, 1.807) is 16.9 Å². The van der Waals surface area contributed by atoms with E-state index in [4.69, 9.17) is 13.9 Å². The van der Waals surface area contributed by atoms with Crippen molar-refractivity contribution in [1.29, 1.82) is 0 Å². The fourth-order valence-corrected chi connectivity index (χ4v) is 4.29. The second-order valence-corrected chi connectivity index (χ2v) is 7.95. The average Bonchev–Trinajstić information content (AvgIpc) is 3.56. The molecule has 0 aliphatic carbocycles. The van der Waals surface area contributed by atoms with Crippen molar-refractivity contribution in [2.24, 2.45) is 0 Å². The zero-order chi connectivity index (χ0) is 20.6. The second-order valence-electron chi connectivity index (χ2n) is 7.95. The van der Waals surface area contributed by atoms with Crippen LogP contribution in [0.5, 0.6) is 5.88 Å². The minimum atomic E-state index is 0.390. The Bertz CT molecular complexity index is 1210. The molecular weight excluding hydrogens is 396 g/mol. The molecular formula is C22H24N6O3. The molecule has 0 radical (unpaired) electrons. The van der Waals surface area contributed by atoms with Crippen LogP contribution < -0.4 is 15.0 Å². The molecule has 0 aromatic carbocycles. The molecule has 1 N–H and O–H groups in total. The Labute approximate surface area is 179 Å². The summed E-state index contributed by atoms with van der Waals surface area (Å²) in [6.45, 7) is 4.72. The molecule has 1 unspecified atom stereocenters. The lowest BCUT2D eigenvalue weighted by molar-refractivity contribution is 0.122. The van der Waals surface area contributed by atoms with Crippen molar-refractivity contribution in [3.05, 3.63) is 36.7 Å². The number of nitrogens with zero attached hydrogens (tertiary/aromatic N) is 5. The number of rotatable bonds is 5. The van der Waals surface area contributed by atoms with Crippen molar-refractivity contribution in [1.82, 2.24) is 24.9 Å². The molecule has 4 aromatic heterocycles. The molecule has 0 spiro atoms. The molecule has 31 heavy (non-hydrogen) atoms. The van der Waals surface area contributed by atoms with Gasteiger partial charge in [-0.3, -0.25) is 0 Å². The first kappa shape index (κ1) is 18.6. The van der Waals surface area contributed by atoms with E-state index in [-0.39, 0.29) is 0 Å². The van der Waals surface area contributed by atoms with Crippen molar-refractivity contribution in [2.75, 3.05) is 44.4 Å². The number of imidazole rings is 1.